The predicted molar refractivity (Wildman–Crippen MR) is 119 cm³/mol. The predicted octanol–water partition coefficient (Wildman–Crippen LogP) is 3.70. The molecule has 2 aromatic carbocycles. The summed E-state index contributed by atoms with van der Waals surface area (Å²) >= 11 is 1.31. The molecule has 0 saturated heterocycles. The summed E-state index contributed by atoms with van der Waals surface area (Å²) in [5.41, 5.74) is 5.96. The van der Waals surface area contributed by atoms with Crippen LogP contribution in [0.2, 0.25) is 0 Å². The van der Waals surface area contributed by atoms with Crippen molar-refractivity contribution >= 4 is 44.9 Å². The Kier molecular flexibility index (Phi) is 4.93. The normalized spacial score (nSPS) is 18.9. The zero-order valence-electron chi connectivity index (χ0n) is 17.2. The molecule has 1 atom stereocenters. The molecule has 2 amide bonds. The van der Waals surface area contributed by atoms with Crippen molar-refractivity contribution < 1.29 is 19.1 Å². The average Bonchev–Trinajstić information content (AvgIpc) is 3.03. The number of phenolic OH excluding ortho intramolecular Hbond substituents is 1. The molecule has 31 heavy (non-hydrogen) atoms. The number of aryl methyl sites for hydroxylation is 1. The molecular formula is C22H21FN4O3S. The Morgan fingerprint density at radius 2 is 2.06 bits per heavy atom. The summed E-state index contributed by atoms with van der Waals surface area (Å²) in [5.74, 6) is -1.01. The molecule has 1 aliphatic heterocycles. The van der Waals surface area contributed by atoms with Crippen LogP contribution in [-0.4, -0.2) is 34.8 Å². The second-order valence-electron chi connectivity index (χ2n) is 7.76. The number of nitrogens with zero attached hydrogens (tertiary/aromatic N) is 2. The number of fused-ring (bicyclic) bond motifs is 1. The quantitative estimate of drug-likeness (QED) is 0.577. The Morgan fingerprint density at radius 1 is 1.32 bits per heavy atom. The van der Waals surface area contributed by atoms with Crippen molar-refractivity contribution in [1.29, 1.82) is 0 Å². The van der Waals surface area contributed by atoms with E-state index in [1.807, 2.05) is 6.92 Å². The molecule has 0 saturated carbocycles. The Hall–Kier alpha value is -3.46. The second kappa shape index (κ2) is 7.35. The van der Waals surface area contributed by atoms with Crippen LogP contribution in [0.3, 0.4) is 0 Å². The van der Waals surface area contributed by atoms with Crippen molar-refractivity contribution in [2.45, 2.75) is 25.8 Å². The maximum Gasteiger partial charge on any atom is 0.266 e. The number of carbonyl (C=O) groups is 2. The lowest BCUT2D eigenvalue weighted by molar-refractivity contribution is -0.128. The molecule has 0 aliphatic carbocycles. The van der Waals surface area contributed by atoms with Crippen molar-refractivity contribution in [3.63, 3.8) is 0 Å². The number of hydrogen-bond donors (Lipinski definition) is 3. The van der Waals surface area contributed by atoms with E-state index < -0.39 is 11.4 Å². The molecule has 1 unspecified atom stereocenters. The highest BCUT2D eigenvalue weighted by Gasteiger charge is 2.38. The molecule has 0 spiro atoms. The van der Waals surface area contributed by atoms with Gasteiger partial charge in [-0.15, -0.1) is 11.3 Å². The van der Waals surface area contributed by atoms with E-state index in [0.29, 0.717) is 10.6 Å². The van der Waals surface area contributed by atoms with Gasteiger partial charge < -0.3 is 16.2 Å². The molecule has 160 valence electrons. The Bertz CT molecular complexity index is 1270. The first kappa shape index (κ1) is 20.8. The molecule has 4 N–H and O–H groups in total. The van der Waals surface area contributed by atoms with Crippen LogP contribution in [0.15, 0.2) is 41.4 Å². The molecule has 0 fully saturated rings. The summed E-state index contributed by atoms with van der Waals surface area (Å²) in [6.07, 6.45) is -0.0442. The van der Waals surface area contributed by atoms with Crippen molar-refractivity contribution in [3.05, 3.63) is 58.2 Å². The van der Waals surface area contributed by atoms with Gasteiger partial charge in [0.1, 0.15) is 11.6 Å². The van der Waals surface area contributed by atoms with Gasteiger partial charge in [-0.05, 0) is 61.2 Å². The summed E-state index contributed by atoms with van der Waals surface area (Å²) in [4.78, 5) is 31.2. The van der Waals surface area contributed by atoms with Crippen LogP contribution in [0.4, 0.5) is 10.1 Å². The van der Waals surface area contributed by atoms with Gasteiger partial charge in [0.15, 0.2) is 5.96 Å². The van der Waals surface area contributed by atoms with Crippen molar-refractivity contribution in [2.75, 3.05) is 12.4 Å². The third kappa shape index (κ3) is 3.61. The van der Waals surface area contributed by atoms with E-state index in [-0.39, 0.29) is 35.5 Å². The number of anilines is 1. The Morgan fingerprint density at radius 3 is 2.77 bits per heavy atom. The number of carbonyl (C=O) groups excluding carboxylic acids is 2. The largest absolute Gasteiger partial charge is 0.508 e. The first-order chi connectivity index (χ1) is 14.6. The summed E-state index contributed by atoms with van der Waals surface area (Å²) < 4.78 is 15.6. The molecule has 9 heteroatoms. The smallest absolute Gasteiger partial charge is 0.266 e. The standard InChI is InChI=1S/C22H21FN4O3S/c1-11-14-9-13(28)5-7-17(14)31-19(11)20(30)25-12-4-6-16(23)15(8-12)22(2)10-18(29)27(3)21(24)26-22/h4-9,28H,10H2,1-3H3,(H2,24,26)(H,25,30). The summed E-state index contributed by atoms with van der Waals surface area (Å²) in [5, 5.41) is 13.3. The summed E-state index contributed by atoms with van der Waals surface area (Å²) in [6, 6.07) is 9.13. The van der Waals surface area contributed by atoms with Crippen molar-refractivity contribution in [3.8, 4) is 5.75 Å². The number of hydrogen-bond acceptors (Lipinski definition) is 6. The zero-order valence-corrected chi connectivity index (χ0v) is 18.0. The first-order valence-corrected chi connectivity index (χ1v) is 10.4. The van der Waals surface area contributed by atoms with E-state index in [9.17, 15) is 19.1 Å². The summed E-state index contributed by atoms with van der Waals surface area (Å²) in [6.45, 7) is 3.45. The molecule has 1 aliphatic rings. The zero-order chi connectivity index (χ0) is 22.5. The number of aliphatic imine (C=N–C) groups is 1. The third-order valence-corrected chi connectivity index (χ3v) is 6.78. The van der Waals surface area contributed by atoms with Crippen LogP contribution in [0.1, 0.15) is 34.1 Å². The van der Waals surface area contributed by atoms with E-state index in [1.165, 1.54) is 41.5 Å². The number of nitrogens with one attached hydrogen (secondary N) is 1. The van der Waals surface area contributed by atoms with E-state index in [0.717, 1.165) is 15.6 Å². The van der Waals surface area contributed by atoms with Gasteiger partial charge in [-0.25, -0.2) is 9.38 Å². The Labute approximate surface area is 182 Å². The molecule has 0 radical (unpaired) electrons. The minimum Gasteiger partial charge on any atom is -0.508 e. The Balaban J connectivity index is 1.67. The maximum atomic E-state index is 14.7. The van der Waals surface area contributed by atoms with Crippen molar-refractivity contribution in [2.24, 2.45) is 10.7 Å². The van der Waals surface area contributed by atoms with E-state index in [2.05, 4.69) is 10.3 Å². The van der Waals surface area contributed by atoms with Crippen LogP contribution in [0.25, 0.3) is 10.1 Å². The molecule has 0 bridgehead atoms. The van der Waals surface area contributed by atoms with Gasteiger partial charge in [0.25, 0.3) is 5.91 Å². The molecule has 2 heterocycles. The highest BCUT2D eigenvalue weighted by Crippen LogP contribution is 2.37. The molecule has 1 aromatic heterocycles. The van der Waals surface area contributed by atoms with E-state index in [4.69, 9.17) is 5.73 Å². The third-order valence-electron chi connectivity index (χ3n) is 5.50. The average molecular weight is 441 g/mol. The first-order valence-electron chi connectivity index (χ1n) is 9.54. The monoisotopic (exact) mass is 440 g/mol. The fraction of sp³-hybridized carbons (Fsp3) is 0.227. The van der Waals surface area contributed by atoms with Crippen LogP contribution in [0.5, 0.6) is 5.75 Å². The van der Waals surface area contributed by atoms with Gasteiger partial charge in [-0.2, -0.15) is 0 Å². The topological polar surface area (TPSA) is 108 Å². The SMILES string of the molecule is Cc1c(C(=O)Nc2ccc(F)c(C3(C)CC(=O)N(C)C(N)=N3)c2)sc2ccc(O)cc12. The molecule has 7 nitrogen and oxygen atoms in total. The number of aromatic hydroxyl groups is 1. The maximum absolute atomic E-state index is 14.7. The van der Waals surface area contributed by atoms with E-state index in [1.54, 1.807) is 25.1 Å². The van der Waals surface area contributed by atoms with Gasteiger partial charge in [-0.3, -0.25) is 14.5 Å². The number of phenols is 1. The fourth-order valence-electron chi connectivity index (χ4n) is 3.69. The lowest BCUT2D eigenvalue weighted by Crippen LogP contribution is -2.47. The number of benzene rings is 2. The number of thiophene rings is 1. The van der Waals surface area contributed by atoms with Gasteiger partial charge >= 0.3 is 0 Å². The number of rotatable bonds is 3. The van der Waals surface area contributed by atoms with Crippen molar-refractivity contribution in [1.82, 2.24) is 4.90 Å². The highest BCUT2D eigenvalue weighted by molar-refractivity contribution is 7.21. The molecule has 4 rings (SSSR count). The summed E-state index contributed by atoms with van der Waals surface area (Å²) in [7, 11) is 1.51. The van der Waals surface area contributed by atoms with Gasteiger partial charge in [0.2, 0.25) is 5.91 Å². The van der Waals surface area contributed by atoms with Gasteiger partial charge in [-0.1, -0.05) is 0 Å². The second-order valence-corrected chi connectivity index (χ2v) is 8.81. The highest BCUT2D eigenvalue weighted by atomic mass is 32.1. The van der Waals surface area contributed by atoms with Gasteiger partial charge in [0, 0.05) is 23.0 Å². The van der Waals surface area contributed by atoms with Gasteiger partial charge in [0.05, 0.1) is 16.8 Å². The minimum atomic E-state index is -1.18. The van der Waals surface area contributed by atoms with Crippen LogP contribution < -0.4 is 11.1 Å². The number of nitrogens with two attached hydrogens (primary N) is 1. The minimum absolute atomic E-state index is 0.0109. The lowest BCUT2D eigenvalue weighted by atomic mass is 9.87. The number of halogens is 1. The molecular weight excluding hydrogens is 419 g/mol. The number of guanidine groups is 1. The van der Waals surface area contributed by atoms with Crippen LogP contribution >= 0.6 is 11.3 Å². The van der Waals surface area contributed by atoms with E-state index >= 15 is 0 Å². The molecule has 3 aromatic rings. The number of amides is 2. The van der Waals surface area contributed by atoms with Crippen LogP contribution in [-0.2, 0) is 10.3 Å². The van der Waals surface area contributed by atoms with Crippen LogP contribution in [0, 0.1) is 12.7 Å². The lowest BCUT2D eigenvalue weighted by Gasteiger charge is -2.34. The fourth-order valence-corrected chi connectivity index (χ4v) is 4.78.